The number of carboxylic acids is 1. The van der Waals surface area contributed by atoms with E-state index in [1.54, 1.807) is 0 Å². The number of likely N-dealkylation sites (N-methyl/N-ethyl adjacent to an activating group) is 1. The summed E-state index contributed by atoms with van der Waals surface area (Å²) >= 11 is 6.12. The fourth-order valence-electron chi connectivity index (χ4n) is 1.58. The van der Waals surface area contributed by atoms with Gasteiger partial charge in [0, 0.05) is 29.9 Å². The van der Waals surface area contributed by atoms with Crippen LogP contribution in [0.3, 0.4) is 0 Å². The summed E-state index contributed by atoms with van der Waals surface area (Å²) in [6.07, 6.45) is 4.39. The highest BCUT2D eigenvalue weighted by Gasteiger charge is 2.05. The highest BCUT2D eigenvalue weighted by Crippen LogP contribution is 2.24. The first kappa shape index (κ1) is 14.3. The van der Waals surface area contributed by atoms with E-state index < -0.39 is 5.97 Å². The number of rotatable bonds is 6. The number of anilines is 1. The molecule has 0 atom stereocenters. The second-order valence-corrected chi connectivity index (χ2v) is 4.11. The zero-order chi connectivity index (χ0) is 13.5. The van der Waals surface area contributed by atoms with Gasteiger partial charge in [0.15, 0.2) is 0 Å². The summed E-state index contributed by atoms with van der Waals surface area (Å²) in [5.41, 5.74) is 1.69. The van der Waals surface area contributed by atoms with Gasteiger partial charge in [-0.05, 0) is 30.7 Å². The van der Waals surface area contributed by atoms with Crippen molar-refractivity contribution in [3.8, 4) is 0 Å². The zero-order valence-electron chi connectivity index (χ0n) is 10.3. The molecule has 0 fully saturated rings. The predicted octanol–water partition coefficient (Wildman–Crippen LogP) is 3.45. The molecule has 1 aromatic rings. The van der Waals surface area contributed by atoms with E-state index in [1.807, 2.05) is 24.3 Å². The van der Waals surface area contributed by atoms with Crippen LogP contribution in [0.1, 0.15) is 12.5 Å². The highest BCUT2D eigenvalue weighted by molar-refractivity contribution is 6.32. The van der Waals surface area contributed by atoms with Gasteiger partial charge in [-0.25, -0.2) is 4.79 Å². The summed E-state index contributed by atoms with van der Waals surface area (Å²) in [4.78, 5) is 12.6. The molecule has 96 valence electrons. The predicted molar refractivity (Wildman–Crippen MR) is 76.2 cm³/mol. The summed E-state index contributed by atoms with van der Waals surface area (Å²) in [5, 5.41) is 9.10. The van der Waals surface area contributed by atoms with Gasteiger partial charge in [0.1, 0.15) is 0 Å². The van der Waals surface area contributed by atoms with Gasteiger partial charge in [-0.15, -0.1) is 6.58 Å². The average molecular weight is 266 g/mol. The van der Waals surface area contributed by atoms with Crippen LogP contribution in [-0.4, -0.2) is 24.2 Å². The Bertz CT molecular complexity index is 469. The molecule has 0 unspecified atom stereocenters. The fourth-order valence-corrected chi connectivity index (χ4v) is 1.82. The van der Waals surface area contributed by atoms with Gasteiger partial charge in [-0.2, -0.15) is 0 Å². The summed E-state index contributed by atoms with van der Waals surface area (Å²) in [7, 11) is 0. The lowest BCUT2D eigenvalue weighted by Gasteiger charge is -2.21. The quantitative estimate of drug-likeness (QED) is 0.633. The fraction of sp³-hybridized carbons (Fsp3) is 0.214. The van der Waals surface area contributed by atoms with E-state index in [2.05, 4.69) is 18.4 Å². The monoisotopic (exact) mass is 265 g/mol. The summed E-state index contributed by atoms with van der Waals surface area (Å²) in [5.74, 6) is -0.989. The van der Waals surface area contributed by atoms with Gasteiger partial charge in [0.2, 0.25) is 0 Å². The Balaban J connectivity index is 2.97. The smallest absolute Gasteiger partial charge is 0.328 e. The minimum absolute atomic E-state index is 0.535. The Labute approximate surface area is 112 Å². The van der Waals surface area contributed by atoms with Gasteiger partial charge in [-0.1, -0.05) is 23.7 Å². The molecule has 0 amide bonds. The standard InChI is InChI=1S/C14H16ClNO2/c1-3-9-16(4-2)12-7-5-11(13(15)10-12)6-8-14(17)18/h3,5-8,10H,1,4,9H2,2H3,(H,17,18)/b8-6+. The average Bonchev–Trinajstić information content (AvgIpc) is 2.34. The molecule has 0 aromatic heterocycles. The van der Waals surface area contributed by atoms with E-state index in [4.69, 9.17) is 16.7 Å². The number of nitrogens with zero attached hydrogens (tertiary/aromatic N) is 1. The lowest BCUT2D eigenvalue weighted by molar-refractivity contribution is -0.131. The third kappa shape index (κ3) is 3.93. The van der Waals surface area contributed by atoms with Gasteiger partial charge >= 0.3 is 5.97 Å². The van der Waals surface area contributed by atoms with Crippen LogP contribution in [0, 0.1) is 0 Å². The minimum Gasteiger partial charge on any atom is -0.478 e. The van der Waals surface area contributed by atoms with E-state index in [0.717, 1.165) is 24.9 Å². The van der Waals surface area contributed by atoms with Crippen molar-refractivity contribution in [2.45, 2.75) is 6.92 Å². The Morgan fingerprint density at radius 2 is 2.28 bits per heavy atom. The van der Waals surface area contributed by atoms with Crippen LogP contribution in [0.5, 0.6) is 0 Å². The first-order valence-corrected chi connectivity index (χ1v) is 6.02. The molecular weight excluding hydrogens is 250 g/mol. The summed E-state index contributed by atoms with van der Waals surface area (Å²) < 4.78 is 0. The molecule has 0 aliphatic carbocycles. The molecule has 0 saturated heterocycles. The zero-order valence-corrected chi connectivity index (χ0v) is 11.0. The van der Waals surface area contributed by atoms with Crippen LogP contribution in [-0.2, 0) is 4.79 Å². The number of carboxylic acid groups (broad SMARTS) is 1. The molecule has 1 aromatic carbocycles. The maximum Gasteiger partial charge on any atom is 0.328 e. The molecule has 0 bridgehead atoms. The SMILES string of the molecule is C=CCN(CC)c1ccc(/C=C/C(=O)O)c(Cl)c1. The first-order valence-electron chi connectivity index (χ1n) is 5.65. The Morgan fingerprint density at radius 1 is 1.56 bits per heavy atom. The van der Waals surface area contributed by atoms with E-state index in [-0.39, 0.29) is 0 Å². The molecule has 3 nitrogen and oxygen atoms in total. The van der Waals surface area contributed by atoms with E-state index >= 15 is 0 Å². The van der Waals surface area contributed by atoms with Crippen LogP contribution in [0.25, 0.3) is 6.08 Å². The lowest BCUT2D eigenvalue weighted by Crippen LogP contribution is -2.22. The number of halogens is 1. The van der Waals surface area contributed by atoms with Crippen molar-refractivity contribution in [1.29, 1.82) is 0 Å². The first-order chi connectivity index (χ1) is 8.58. The van der Waals surface area contributed by atoms with Gasteiger partial charge in [-0.3, -0.25) is 0 Å². The van der Waals surface area contributed by atoms with Crippen LogP contribution in [0.2, 0.25) is 5.02 Å². The molecular formula is C14H16ClNO2. The Hall–Kier alpha value is -1.74. The maximum atomic E-state index is 10.4. The number of hydrogen-bond acceptors (Lipinski definition) is 2. The van der Waals surface area contributed by atoms with Crippen molar-refractivity contribution in [3.05, 3.63) is 47.5 Å². The Kier molecular flexibility index (Phi) is 5.46. The number of aliphatic carboxylic acids is 1. The van der Waals surface area contributed by atoms with Gasteiger partial charge in [0.25, 0.3) is 0 Å². The topological polar surface area (TPSA) is 40.5 Å². The van der Waals surface area contributed by atoms with Crippen LogP contribution in [0.4, 0.5) is 5.69 Å². The van der Waals surface area contributed by atoms with Crippen molar-refractivity contribution in [3.63, 3.8) is 0 Å². The van der Waals surface area contributed by atoms with Crippen LogP contribution >= 0.6 is 11.6 Å². The van der Waals surface area contributed by atoms with Gasteiger partial charge < -0.3 is 10.0 Å². The third-order valence-electron chi connectivity index (χ3n) is 2.49. The summed E-state index contributed by atoms with van der Waals surface area (Å²) in [6, 6.07) is 5.55. The largest absolute Gasteiger partial charge is 0.478 e. The molecule has 0 aliphatic rings. The lowest BCUT2D eigenvalue weighted by atomic mass is 10.1. The van der Waals surface area contributed by atoms with E-state index in [1.165, 1.54) is 6.08 Å². The Morgan fingerprint density at radius 3 is 2.78 bits per heavy atom. The molecule has 0 spiro atoms. The van der Waals surface area contributed by atoms with Crippen molar-refractivity contribution in [1.82, 2.24) is 0 Å². The third-order valence-corrected chi connectivity index (χ3v) is 2.81. The highest BCUT2D eigenvalue weighted by atomic mass is 35.5. The molecule has 0 heterocycles. The van der Waals surface area contributed by atoms with Crippen molar-refractivity contribution in [2.24, 2.45) is 0 Å². The van der Waals surface area contributed by atoms with E-state index in [9.17, 15) is 4.79 Å². The van der Waals surface area contributed by atoms with Crippen LogP contribution < -0.4 is 4.90 Å². The molecule has 1 rings (SSSR count). The number of hydrogen-bond donors (Lipinski definition) is 1. The van der Waals surface area contributed by atoms with Crippen molar-refractivity contribution >= 4 is 29.3 Å². The molecule has 4 heteroatoms. The second kappa shape index (κ2) is 6.87. The van der Waals surface area contributed by atoms with E-state index in [0.29, 0.717) is 10.6 Å². The van der Waals surface area contributed by atoms with Crippen LogP contribution in [0.15, 0.2) is 36.9 Å². The molecule has 18 heavy (non-hydrogen) atoms. The molecule has 1 N–H and O–H groups in total. The summed E-state index contributed by atoms with van der Waals surface area (Å²) in [6.45, 7) is 7.36. The van der Waals surface area contributed by atoms with Crippen molar-refractivity contribution in [2.75, 3.05) is 18.0 Å². The van der Waals surface area contributed by atoms with Crippen molar-refractivity contribution < 1.29 is 9.90 Å². The molecule has 0 radical (unpaired) electrons. The minimum atomic E-state index is -0.989. The second-order valence-electron chi connectivity index (χ2n) is 3.70. The molecule has 0 saturated carbocycles. The van der Waals surface area contributed by atoms with Gasteiger partial charge in [0.05, 0.1) is 0 Å². The maximum absolute atomic E-state index is 10.4. The number of carbonyl (C=O) groups is 1. The number of benzene rings is 1. The normalized spacial score (nSPS) is 10.6. The molecule has 0 aliphatic heterocycles.